The maximum absolute atomic E-state index is 13.3. The van der Waals surface area contributed by atoms with E-state index in [-0.39, 0.29) is 12.1 Å². The van der Waals surface area contributed by atoms with Crippen molar-refractivity contribution in [3.63, 3.8) is 0 Å². The lowest BCUT2D eigenvalue weighted by atomic mass is 10.1. The molecule has 1 aromatic carbocycles. The highest BCUT2D eigenvalue weighted by Gasteiger charge is 2.41. The van der Waals surface area contributed by atoms with Crippen LogP contribution in [0.3, 0.4) is 0 Å². The molecule has 164 valence electrons. The van der Waals surface area contributed by atoms with Gasteiger partial charge in [-0.2, -0.15) is 4.31 Å². The normalized spacial score (nSPS) is 26.6. The standard InChI is InChI=1S/C23H28N4O3S/c28-31(29,21-7-6-16-2-1-3-18(16)10-21)27-9-8-26-15-20(11-19(26)14-27)30-23-13-24-22(12-25-23)17-4-5-17/h6-7,10,12-13,17,19-20H,1-5,8-9,11,14-15H2/t19-,20+/m0/s1. The van der Waals surface area contributed by atoms with Crippen molar-refractivity contribution in [2.45, 2.75) is 61.5 Å². The molecule has 0 amide bonds. The highest BCUT2D eigenvalue weighted by molar-refractivity contribution is 7.89. The molecule has 2 aliphatic carbocycles. The minimum absolute atomic E-state index is 0.0220. The summed E-state index contributed by atoms with van der Waals surface area (Å²) in [4.78, 5) is 11.7. The first-order valence-electron chi connectivity index (χ1n) is 11.4. The highest BCUT2D eigenvalue weighted by atomic mass is 32.2. The molecule has 1 aromatic heterocycles. The van der Waals surface area contributed by atoms with Gasteiger partial charge in [-0.1, -0.05) is 6.07 Å². The van der Waals surface area contributed by atoms with E-state index in [1.165, 1.54) is 24.0 Å². The Morgan fingerprint density at radius 1 is 1.00 bits per heavy atom. The van der Waals surface area contributed by atoms with Crippen molar-refractivity contribution < 1.29 is 13.2 Å². The van der Waals surface area contributed by atoms with Crippen LogP contribution in [0.15, 0.2) is 35.5 Å². The summed E-state index contributed by atoms with van der Waals surface area (Å²) in [5.41, 5.74) is 3.55. The Balaban J connectivity index is 1.12. The van der Waals surface area contributed by atoms with E-state index >= 15 is 0 Å². The van der Waals surface area contributed by atoms with Crippen molar-refractivity contribution in [1.82, 2.24) is 19.2 Å². The van der Waals surface area contributed by atoms with Gasteiger partial charge in [-0.15, -0.1) is 0 Å². The number of fused-ring (bicyclic) bond motifs is 2. The third-order valence-electron chi connectivity index (χ3n) is 7.18. The van der Waals surface area contributed by atoms with Gasteiger partial charge in [0.05, 0.1) is 23.0 Å². The van der Waals surface area contributed by atoms with Gasteiger partial charge in [-0.3, -0.25) is 9.88 Å². The van der Waals surface area contributed by atoms with E-state index in [9.17, 15) is 8.42 Å². The van der Waals surface area contributed by atoms with E-state index in [0.717, 1.165) is 44.5 Å². The Kier molecular flexibility index (Phi) is 4.77. The molecule has 0 radical (unpaired) electrons. The molecule has 2 atom stereocenters. The van der Waals surface area contributed by atoms with Crippen LogP contribution in [0.25, 0.3) is 0 Å². The van der Waals surface area contributed by atoms with Crippen LogP contribution in [0.5, 0.6) is 5.88 Å². The maximum Gasteiger partial charge on any atom is 0.243 e. The molecule has 4 aliphatic rings. The van der Waals surface area contributed by atoms with Crippen LogP contribution in [0, 0.1) is 0 Å². The van der Waals surface area contributed by atoms with E-state index in [1.807, 2.05) is 18.3 Å². The lowest BCUT2D eigenvalue weighted by Crippen LogP contribution is -2.51. The van der Waals surface area contributed by atoms with Gasteiger partial charge in [0.15, 0.2) is 0 Å². The van der Waals surface area contributed by atoms with Gasteiger partial charge in [-0.25, -0.2) is 13.4 Å². The number of aromatic nitrogens is 2. The van der Waals surface area contributed by atoms with E-state index in [0.29, 0.717) is 29.8 Å². The van der Waals surface area contributed by atoms with E-state index in [1.54, 1.807) is 16.6 Å². The SMILES string of the molecule is O=S(=O)(c1ccc2c(c1)CCC2)N1CCN2C[C@H](Oc3cnc(C4CC4)cn3)C[C@H]2C1. The van der Waals surface area contributed by atoms with E-state index < -0.39 is 10.0 Å². The number of benzene rings is 1. The van der Waals surface area contributed by atoms with Gasteiger partial charge < -0.3 is 4.74 Å². The van der Waals surface area contributed by atoms with Crippen LogP contribution in [-0.2, 0) is 22.9 Å². The topological polar surface area (TPSA) is 75.6 Å². The second-order valence-corrected chi connectivity index (χ2v) is 11.3. The van der Waals surface area contributed by atoms with Crippen molar-refractivity contribution >= 4 is 10.0 Å². The first-order chi connectivity index (χ1) is 15.1. The fourth-order valence-electron chi connectivity index (χ4n) is 5.28. The van der Waals surface area contributed by atoms with Crippen molar-refractivity contribution in [2.75, 3.05) is 26.2 Å². The minimum atomic E-state index is -3.46. The summed E-state index contributed by atoms with van der Waals surface area (Å²) in [6, 6.07) is 5.87. The number of ether oxygens (including phenoxy) is 1. The van der Waals surface area contributed by atoms with Crippen LogP contribution in [-0.4, -0.2) is 65.9 Å². The Bertz CT molecular complexity index is 1080. The number of piperazine rings is 1. The Hall–Kier alpha value is -2.03. The summed E-state index contributed by atoms with van der Waals surface area (Å²) < 4.78 is 34.4. The molecular weight excluding hydrogens is 412 g/mol. The number of nitrogens with zero attached hydrogens (tertiary/aromatic N) is 4. The minimum Gasteiger partial charge on any atom is -0.472 e. The predicted molar refractivity (Wildman–Crippen MR) is 116 cm³/mol. The number of rotatable bonds is 5. The van der Waals surface area contributed by atoms with Crippen molar-refractivity contribution in [3.05, 3.63) is 47.4 Å². The van der Waals surface area contributed by atoms with Gasteiger partial charge in [0, 0.05) is 44.6 Å². The zero-order chi connectivity index (χ0) is 21.0. The third-order valence-corrected chi connectivity index (χ3v) is 9.04. The lowest BCUT2D eigenvalue weighted by molar-refractivity contribution is 0.151. The van der Waals surface area contributed by atoms with Crippen LogP contribution in [0.1, 0.15) is 48.4 Å². The largest absolute Gasteiger partial charge is 0.472 e. The third kappa shape index (κ3) is 3.75. The molecule has 0 N–H and O–H groups in total. The summed E-state index contributed by atoms with van der Waals surface area (Å²) >= 11 is 0. The monoisotopic (exact) mass is 440 g/mol. The summed E-state index contributed by atoms with van der Waals surface area (Å²) in [6.07, 6.45) is 9.98. The van der Waals surface area contributed by atoms with Gasteiger partial charge >= 0.3 is 0 Å². The molecular formula is C23H28N4O3S. The average molecular weight is 441 g/mol. The van der Waals surface area contributed by atoms with Crippen LogP contribution in [0.2, 0.25) is 0 Å². The first-order valence-corrected chi connectivity index (χ1v) is 12.8. The van der Waals surface area contributed by atoms with E-state index in [2.05, 4.69) is 14.9 Å². The lowest BCUT2D eigenvalue weighted by Gasteiger charge is -2.36. The number of hydrogen-bond donors (Lipinski definition) is 0. The Labute approximate surface area is 183 Å². The van der Waals surface area contributed by atoms with Crippen LogP contribution >= 0.6 is 0 Å². The van der Waals surface area contributed by atoms with Gasteiger partial charge in [0.25, 0.3) is 0 Å². The van der Waals surface area contributed by atoms with Gasteiger partial charge in [0.1, 0.15) is 6.10 Å². The van der Waals surface area contributed by atoms with Crippen molar-refractivity contribution in [3.8, 4) is 5.88 Å². The molecule has 1 saturated carbocycles. The first kappa shape index (κ1) is 19.6. The molecule has 3 fully saturated rings. The molecule has 3 heterocycles. The van der Waals surface area contributed by atoms with Crippen molar-refractivity contribution in [1.29, 1.82) is 0 Å². The molecule has 0 bridgehead atoms. The summed E-state index contributed by atoms with van der Waals surface area (Å²) in [6.45, 7) is 2.59. The second-order valence-electron chi connectivity index (χ2n) is 9.33. The van der Waals surface area contributed by atoms with Gasteiger partial charge in [0.2, 0.25) is 15.9 Å². The van der Waals surface area contributed by atoms with Gasteiger partial charge in [-0.05, 0) is 55.4 Å². The molecule has 6 rings (SSSR count). The molecule has 2 saturated heterocycles. The molecule has 2 aliphatic heterocycles. The number of sulfonamides is 1. The Morgan fingerprint density at radius 3 is 2.68 bits per heavy atom. The quantitative estimate of drug-likeness (QED) is 0.711. The summed E-state index contributed by atoms with van der Waals surface area (Å²) in [5.74, 6) is 1.15. The number of aryl methyl sites for hydroxylation is 2. The second kappa shape index (κ2) is 7.53. The summed E-state index contributed by atoms with van der Waals surface area (Å²) in [5, 5.41) is 0. The fraction of sp³-hybridized carbons (Fsp3) is 0.565. The molecule has 31 heavy (non-hydrogen) atoms. The molecule has 7 nitrogen and oxygen atoms in total. The smallest absolute Gasteiger partial charge is 0.243 e. The fourth-order valence-corrected chi connectivity index (χ4v) is 6.80. The van der Waals surface area contributed by atoms with Crippen molar-refractivity contribution in [2.24, 2.45) is 0 Å². The Morgan fingerprint density at radius 2 is 1.87 bits per heavy atom. The van der Waals surface area contributed by atoms with Crippen LogP contribution < -0.4 is 4.74 Å². The maximum atomic E-state index is 13.3. The molecule has 8 heteroatoms. The zero-order valence-corrected chi connectivity index (χ0v) is 18.4. The molecule has 0 unspecified atom stereocenters. The summed E-state index contributed by atoms with van der Waals surface area (Å²) in [7, 11) is -3.46. The average Bonchev–Trinajstić information content (AvgIpc) is 3.38. The van der Waals surface area contributed by atoms with Crippen LogP contribution in [0.4, 0.5) is 0 Å². The predicted octanol–water partition coefficient (Wildman–Crippen LogP) is 2.37. The zero-order valence-electron chi connectivity index (χ0n) is 17.6. The number of hydrogen-bond acceptors (Lipinski definition) is 6. The van der Waals surface area contributed by atoms with E-state index in [4.69, 9.17) is 4.74 Å². The highest BCUT2D eigenvalue weighted by Crippen LogP contribution is 2.38. The molecule has 2 aromatic rings. The molecule has 0 spiro atoms.